The van der Waals surface area contributed by atoms with Gasteiger partial charge in [0.2, 0.25) is 0 Å². The van der Waals surface area contributed by atoms with Crippen molar-refractivity contribution in [1.82, 2.24) is 15.2 Å². The second kappa shape index (κ2) is 7.47. The minimum Gasteiger partial charge on any atom is -0.507 e. The van der Waals surface area contributed by atoms with Crippen molar-refractivity contribution in [2.45, 2.75) is 44.0 Å². The minimum atomic E-state index is -4.56. The number of anilines is 1. The number of benzene rings is 1. The van der Waals surface area contributed by atoms with Gasteiger partial charge in [0, 0.05) is 17.1 Å². The number of rotatable bonds is 3. The lowest BCUT2D eigenvalue weighted by Crippen LogP contribution is -2.36. The Kier molecular flexibility index (Phi) is 4.99. The van der Waals surface area contributed by atoms with E-state index in [1.54, 1.807) is 12.1 Å². The van der Waals surface area contributed by atoms with Gasteiger partial charge in [0.15, 0.2) is 5.82 Å². The highest BCUT2D eigenvalue weighted by molar-refractivity contribution is 5.98. The zero-order valence-corrected chi connectivity index (χ0v) is 15.3. The van der Waals surface area contributed by atoms with Gasteiger partial charge >= 0.3 is 6.18 Å². The summed E-state index contributed by atoms with van der Waals surface area (Å²) in [5.74, 6) is -0.112. The Morgan fingerprint density at radius 2 is 1.86 bits per heavy atom. The number of pyridine rings is 1. The van der Waals surface area contributed by atoms with Gasteiger partial charge < -0.3 is 15.5 Å². The van der Waals surface area contributed by atoms with E-state index in [2.05, 4.69) is 20.5 Å². The number of nitrogens with one attached hydrogen (secondary N) is 1. The molecule has 1 aromatic carbocycles. The lowest BCUT2D eigenvalue weighted by molar-refractivity contribution is -0.137. The van der Waals surface area contributed by atoms with Crippen molar-refractivity contribution >= 4 is 16.7 Å². The standard InChI is InChI=1S/C20H19F3N4O2/c21-20(22,23)11-7-8-12(16(29)10-11)18-17-13(4-3-9-24-17)19(27-26-18)25-14-5-1-2-6-15(14)28/h3-4,7-10,14-15,28-29H,1-2,5-6H2,(H,25,27)/t14-,15-/m1/s1. The molecule has 2 aromatic heterocycles. The summed E-state index contributed by atoms with van der Waals surface area (Å²) in [6.07, 6.45) is -0.0409. The van der Waals surface area contributed by atoms with Crippen LogP contribution in [0.4, 0.5) is 19.0 Å². The van der Waals surface area contributed by atoms with Crippen molar-refractivity contribution in [3.63, 3.8) is 0 Å². The van der Waals surface area contributed by atoms with Gasteiger partial charge in [-0.1, -0.05) is 12.8 Å². The first-order valence-electron chi connectivity index (χ1n) is 9.31. The van der Waals surface area contributed by atoms with Gasteiger partial charge in [-0.05, 0) is 43.2 Å². The van der Waals surface area contributed by atoms with Crippen molar-refractivity contribution in [2.24, 2.45) is 0 Å². The Balaban J connectivity index is 1.76. The van der Waals surface area contributed by atoms with Crippen LogP contribution in [0.25, 0.3) is 22.2 Å². The third kappa shape index (κ3) is 3.82. The zero-order valence-electron chi connectivity index (χ0n) is 15.3. The van der Waals surface area contributed by atoms with E-state index in [4.69, 9.17) is 0 Å². The van der Waals surface area contributed by atoms with Crippen LogP contribution < -0.4 is 5.32 Å². The molecule has 1 fully saturated rings. The number of aromatic hydroxyl groups is 1. The van der Waals surface area contributed by atoms with Crippen LogP contribution in [0, 0.1) is 0 Å². The number of hydrogen-bond acceptors (Lipinski definition) is 6. The van der Waals surface area contributed by atoms with E-state index in [-0.39, 0.29) is 17.3 Å². The highest BCUT2D eigenvalue weighted by Crippen LogP contribution is 2.38. The maximum absolute atomic E-state index is 12.9. The average Bonchev–Trinajstić information content (AvgIpc) is 2.69. The lowest BCUT2D eigenvalue weighted by atomic mass is 9.92. The summed E-state index contributed by atoms with van der Waals surface area (Å²) in [4.78, 5) is 4.30. The number of aliphatic hydroxyl groups excluding tert-OH is 1. The Morgan fingerprint density at radius 3 is 2.59 bits per heavy atom. The molecular weight excluding hydrogens is 385 g/mol. The van der Waals surface area contributed by atoms with Gasteiger partial charge in [-0.2, -0.15) is 13.2 Å². The molecule has 0 unspecified atom stereocenters. The van der Waals surface area contributed by atoms with Crippen molar-refractivity contribution in [3.8, 4) is 17.0 Å². The molecule has 2 atom stereocenters. The molecule has 0 amide bonds. The predicted octanol–water partition coefficient (Wildman–Crippen LogP) is 4.13. The van der Waals surface area contributed by atoms with Crippen LogP contribution in [0.5, 0.6) is 5.75 Å². The molecule has 0 bridgehead atoms. The van der Waals surface area contributed by atoms with Gasteiger partial charge in [-0.25, -0.2) is 0 Å². The van der Waals surface area contributed by atoms with E-state index in [1.807, 2.05) is 0 Å². The molecule has 29 heavy (non-hydrogen) atoms. The first-order chi connectivity index (χ1) is 13.8. The molecule has 3 N–H and O–H groups in total. The molecule has 0 saturated heterocycles. The van der Waals surface area contributed by atoms with E-state index >= 15 is 0 Å². The first-order valence-corrected chi connectivity index (χ1v) is 9.31. The maximum Gasteiger partial charge on any atom is 0.416 e. The van der Waals surface area contributed by atoms with E-state index in [0.717, 1.165) is 31.4 Å². The van der Waals surface area contributed by atoms with Crippen LogP contribution in [0.2, 0.25) is 0 Å². The third-order valence-electron chi connectivity index (χ3n) is 5.17. The SMILES string of the molecule is Oc1cc(C(F)(F)F)ccc1-c1nnc(N[C@@H]2CCCC[C@H]2O)c2cccnc12. The number of alkyl halides is 3. The largest absolute Gasteiger partial charge is 0.507 e. The average molecular weight is 404 g/mol. The second-order valence-electron chi connectivity index (χ2n) is 7.13. The normalized spacial score (nSPS) is 20.0. The Morgan fingerprint density at radius 1 is 1.07 bits per heavy atom. The maximum atomic E-state index is 12.9. The van der Waals surface area contributed by atoms with E-state index in [9.17, 15) is 23.4 Å². The van der Waals surface area contributed by atoms with Crippen LogP contribution in [0.15, 0.2) is 36.5 Å². The molecule has 4 rings (SSSR count). The van der Waals surface area contributed by atoms with Gasteiger partial charge in [0.05, 0.1) is 17.7 Å². The summed E-state index contributed by atoms with van der Waals surface area (Å²) in [5, 5.41) is 32.5. The summed E-state index contributed by atoms with van der Waals surface area (Å²) in [7, 11) is 0. The third-order valence-corrected chi connectivity index (χ3v) is 5.17. The van der Waals surface area contributed by atoms with E-state index < -0.39 is 23.6 Å². The molecule has 9 heteroatoms. The van der Waals surface area contributed by atoms with Crippen LogP contribution >= 0.6 is 0 Å². The van der Waals surface area contributed by atoms with E-state index in [0.29, 0.717) is 29.2 Å². The van der Waals surface area contributed by atoms with Crippen molar-refractivity contribution in [1.29, 1.82) is 0 Å². The fourth-order valence-electron chi connectivity index (χ4n) is 3.64. The Bertz CT molecular complexity index is 1040. The molecule has 152 valence electrons. The second-order valence-corrected chi connectivity index (χ2v) is 7.13. The highest BCUT2D eigenvalue weighted by atomic mass is 19.4. The molecule has 3 aromatic rings. The zero-order chi connectivity index (χ0) is 20.6. The molecule has 2 heterocycles. The number of nitrogens with zero attached hydrogens (tertiary/aromatic N) is 3. The summed E-state index contributed by atoms with van der Waals surface area (Å²) in [5.41, 5.74) is -0.265. The van der Waals surface area contributed by atoms with Crippen LogP contribution in [-0.2, 0) is 6.18 Å². The minimum absolute atomic E-state index is 0.110. The number of fused-ring (bicyclic) bond motifs is 1. The van der Waals surface area contributed by atoms with Gasteiger partial charge in [0.25, 0.3) is 0 Å². The summed E-state index contributed by atoms with van der Waals surface area (Å²) in [6, 6.07) is 6.02. The van der Waals surface area contributed by atoms with Crippen molar-refractivity contribution in [2.75, 3.05) is 5.32 Å². The monoisotopic (exact) mass is 404 g/mol. The Hall–Kier alpha value is -2.94. The van der Waals surface area contributed by atoms with Crippen LogP contribution in [-0.4, -0.2) is 37.5 Å². The molecular formula is C20H19F3N4O2. The molecule has 1 saturated carbocycles. The number of halogens is 3. The van der Waals surface area contributed by atoms with Gasteiger partial charge in [-0.3, -0.25) is 4.98 Å². The summed E-state index contributed by atoms with van der Waals surface area (Å²) < 4.78 is 38.6. The fraction of sp³-hybridized carbons (Fsp3) is 0.350. The number of aliphatic hydroxyl groups is 1. The van der Waals surface area contributed by atoms with Gasteiger partial charge in [0.1, 0.15) is 17.0 Å². The summed E-state index contributed by atoms with van der Waals surface area (Å²) >= 11 is 0. The molecule has 0 aliphatic heterocycles. The molecule has 6 nitrogen and oxygen atoms in total. The molecule has 1 aliphatic carbocycles. The van der Waals surface area contributed by atoms with Crippen molar-refractivity contribution in [3.05, 3.63) is 42.1 Å². The van der Waals surface area contributed by atoms with Crippen LogP contribution in [0.3, 0.4) is 0 Å². The fourth-order valence-corrected chi connectivity index (χ4v) is 3.64. The highest BCUT2D eigenvalue weighted by Gasteiger charge is 2.31. The number of hydrogen-bond donors (Lipinski definition) is 3. The number of phenols is 1. The van der Waals surface area contributed by atoms with Crippen molar-refractivity contribution < 1.29 is 23.4 Å². The molecule has 1 aliphatic rings. The number of phenolic OH excluding ortho intramolecular Hbond substituents is 1. The quantitative estimate of drug-likeness (QED) is 0.608. The lowest BCUT2D eigenvalue weighted by Gasteiger charge is -2.29. The number of aromatic nitrogens is 3. The van der Waals surface area contributed by atoms with Crippen LogP contribution in [0.1, 0.15) is 31.2 Å². The summed E-state index contributed by atoms with van der Waals surface area (Å²) in [6.45, 7) is 0. The predicted molar refractivity (Wildman–Crippen MR) is 101 cm³/mol. The first kappa shape index (κ1) is 19.4. The van der Waals surface area contributed by atoms with E-state index in [1.165, 1.54) is 6.20 Å². The topological polar surface area (TPSA) is 91.2 Å². The smallest absolute Gasteiger partial charge is 0.416 e. The Labute approximate surface area is 164 Å². The molecule has 0 radical (unpaired) electrons. The molecule has 0 spiro atoms. The van der Waals surface area contributed by atoms with Gasteiger partial charge in [-0.15, -0.1) is 10.2 Å².